The van der Waals surface area contributed by atoms with Gasteiger partial charge in [0, 0.05) is 0 Å². The highest BCUT2D eigenvalue weighted by Crippen LogP contribution is 2.15. The van der Waals surface area contributed by atoms with Gasteiger partial charge in [0.2, 0.25) is 0 Å². The van der Waals surface area contributed by atoms with Crippen LogP contribution in [-0.2, 0) is 9.53 Å². The number of hydrogen-bond acceptors (Lipinski definition) is 3. The molecule has 0 heterocycles. The van der Waals surface area contributed by atoms with Gasteiger partial charge in [-0.15, -0.1) is 0 Å². The van der Waals surface area contributed by atoms with Crippen molar-refractivity contribution in [2.24, 2.45) is 0 Å². The van der Waals surface area contributed by atoms with E-state index in [4.69, 9.17) is 0 Å². The number of alkyl halides is 3. The zero-order chi connectivity index (χ0) is 6.78. The van der Waals surface area contributed by atoms with Gasteiger partial charge in [0.15, 0.2) is 0 Å². The Morgan fingerprint density at radius 1 is 1.44 bits per heavy atom. The van der Waals surface area contributed by atoms with Crippen LogP contribution in [0.25, 0.3) is 0 Å². The average molecular weight is 145 g/mol. The summed E-state index contributed by atoms with van der Waals surface area (Å²) in [6, 6.07) is 0. The number of carbonyl (C=O) groups excluding carboxylic acids is 1. The first-order chi connectivity index (χ1) is 3.48. The molecule has 0 amide bonds. The molecule has 0 bridgehead atoms. The predicted molar refractivity (Wildman–Crippen MR) is 23.1 cm³/mol. The first kappa shape index (κ1) is 11.1. The maximum atomic E-state index is 11.0. The molecule has 0 fully saturated rings. The zero-order valence-corrected chi connectivity index (χ0v) is 4.66. The second-order valence-corrected chi connectivity index (χ2v) is 0.989. The highest BCUT2D eigenvalue weighted by molar-refractivity contribution is 5.75. The third-order valence-electron chi connectivity index (χ3n) is 0.417. The monoisotopic (exact) mass is 145 g/mol. The van der Waals surface area contributed by atoms with Gasteiger partial charge in [-0.1, -0.05) is 0 Å². The van der Waals surface area contributed by atoms with Crippen molar-refractivity contribution in [2.45, 2.75) is 6.18 Å². The normalized spacial score (nSPS) is 9.78. The van der Waals surface area contributed by atoms with Gasteiger partial charge >= 0.3 is 12.1 Å². The molecule has 0 aromatic heterocycles. The van der Waals surface area contributed by atoms with Crippen molar-refractivity contribution in [3.63, 3.8) is 0 Å². The van der Waals surface area contributed by atoms with E-state index in [1.54, 1.807) is 0 Å². The number of carbonyl (C=O) groups is 1. The Kier molecular flexibility index (Phi) is 4.04. The SMILES string of the molecule is COC(=O)C(F)(F)F.N. The molecule has 6 heteroatoms. The summed E-state index contributed by atoms with van der Waals surface area (Å²) in [5.74, 6) is -2.17. The van der Waals surface area contributed by atoms with E-state index in [2.05, 4.69) is 4.74 Å². The van der Waals surface area contributed by atoms with Crippen LogP contribution in [0.15, 0.2) is 0 Å². The van der Waals surface area contributed by atoms with Crippen molar-refractivity contribution in [3.05, 3.63) is 0 Å². The largest absolute Gasteiger partial charge is 0.490 e. The minimum absolute atomic E-state index is 0. The van der Waals surface area contributed by atoms with Crippen LogP contribution in [0.1, 0.15) is 0 Å². The van der Waals surface area contributed by atoms with Crippen molar-refractivity contribution < 1.29 is 22.7 Å². The fourth-order valence-electron chi connectivity index (χ4n) is 0.116. The lowest BCUT2D eigenvalue weighted by molar-refractivity contribution is -0.196. The molecule has 0 unspecified atom stereocenters. The van der Waals surface area contributed by atoms with Gasteiger partial charge in [-0.25, -0.2) is 4.79 Å². The summed E-state index contributed by atoms with van der Waals surface area (Å²) < 4.78 is 36.3. The van der Waals surface area contributed by atoms with Crippen molar-refractivity contribution in [3.8, 4) is 0 Å². The number of esters is 1. The first-order valence-electron chi connectivity index (χ1n) is 1.63. The third-order valence-corrected chi connectivity index (χ3v) is 0.417. The molecule has 0 saturated carbocycles. The van der Waals surface area contributed by atoms with E-state index in [9.17, 15) is 18.0 Å². The summed E-state index contributed by atoms with van der Waals surface area (Å²) in [6.07, 6.45) is -4.85. The molecule has 3 nitrogen and oxygen atoms in total. The van der Waals surface area contributed by atoms with Gasteiger partial charge in [-0.05, 0) is 0 Å². The van der Waals surface area contributed by atoms with Crippen LogP contribution in [-0.4, -0.2) is 19.3 Å². The smallest absolute Gasteiger partial charge is 0.462 e. The van der Waals surface area contributed by atoms with E-state index in [1.165, 1.54) is 0 Å². The van der Waals surface area contributed by atoms with Gasteiger partial charge in [-0.2, -0.15) is 13.2 Å². The Balaban J connectivity index is 0. The van der Waals surface area contributed by atoms with Crippen LogP contribution in [0, 0.1) is 0 Å². The maximum Gasteiger partial charge on any atom is 0.490 e. The Hall–Kier alpha value is -0.780. The maximum absolute atomic E-state index is 11.0. The number of hydrogen-bond donors (Lipinski definition) is 1. The lowest BCUT2D eigenvalue weighted by Gasteiger charge is -1.99. The highest BCUT2D eigenvalue weighted by atomic mass is 19.4. The molecule has 56 valence electrons. The fraction of sp³-hybridized carbons (Fsp3) is 0.667. The molecule has 0 aromatic carbocycles. The minimum atomic E-state index is -4.85. The van der Waals surface area contributed by atoms with Crippen molar-refractivity contribution in [1.82, 2.24) is 6.15 Å². The highest BCUT2D eigenvalue weighted by Gasteiger charge is 2.39. The molecule has 0 rings (SSSR count). The zero-order valence-electron chi connectivity index (χ0n) is 4.66. The van der Waals surface area contributed by atoms with E-state index in [-0.39, 0.29) is 6.15 Å². The molecule has 0 saturated heterocycles. The molecule has 0 radical (unpaired) electrons. The van der Waals surface area contributed by atoms with Gasteiger partial charge in [0.05, 0.1) is 7.11 Å². The average Bonchev–Trinajstić information content (AvgIpc) is 1.62. The quantitative estimate of drug-likeness (QED) is 0.514. The standard InChI is InChI=1S/C3H3F3O2.H3N/c1-8-2(7)3(4,5)6;/h1H3;1H3. The summed E-state index contributed by atoms with van der Waals surface area (Å²) in [7, 11) is 0.676. The van der Waals surface area contributed by atoms with E-state index >= 15 is 0 Å². The van der Waals surface area contributed by atoms with E-state index in [0.717, 1.165) is 0 Å². The topological polar surface area (TPSA) is 61.3 Å². The lowest BCUT2D eigenvalue weighted by Crippen LogP contribution is -2.23. The van der Waals surface area contributed by atoms with E-state index < -0.39 is 12.1 Å². The van der Waals surface area contributed by atoms with Gasteiger partial charge < -0.3 is 10.9 Å². The summed E-state index contributed by atoms with van der Waals surface area (Å²) in [6.45, 7) is 0. The Morgan fingerprint density at radius 2 is 1.78 bits per heavy atom. The van der Waals surface area contributed by atoms with Crippen LogP contribution >= 0.6 is 0 Å². The molecule has 0 spiro atoms. The molecule has 0 aliphatic heterocycles. The molecular formula is C3H6F3NO2. The molecule has 3 N–H and O–H groups in total. The van der Waals surface area contributed by atoms with Crippen LogP contribution < -0.4 is 6.15 Å². The number of rotatable bonds is 0. The molecule has 0 atom stereocenters. The lowest BCUT2D eigenvalue weighted by atomic mass is 10.7. The van der Waals surface area contributed by atoms with Crippen molar-refractivity contribution >= 4 is 5.97 Å². The van der Waals surface area contributed by atoms with E-state index in [0.29, 0.717) is 7.11 Å². The summed E-state index contributed by atoms with van der Waals surface area (Å²) >= 11 is 0. The van der Waals surface area contributed by atoms with Crippen LogP contribution in [0.3, 0.4) is 0 Å². The second-order valence-electron chi connectivity index (χ2n) is 0.989. The number of ether oxygens (including phenoxy) is 1. The molecule has 0 aliphatic carbocycles. The molecule has 0 aliphatic rings. The van der Waals surface area contributed by atoms with Crippen LogP contribution in [0.2, 0.25) is 0 Å². The summed E-state index contributed by atoms with van der Waals surface area (Å²) in [4.78, 5) is 9.49. The molecule has 9 heavy (non-hydrogen) atoms. The molecular weight excluding hydrogens is 139 g/mol. The molecule has 0 aromatic rings. The summed E-state index contributed by atoms with van der Waals surface area (Å²) in [5, 5.41) is 0. The minimum Gasteiger partial charge on any atom is -0.462 e. The van der Waals surface area contributed by atoms with Gasteiger partial charge in [-0.3, -0.25) is 0 Å². The second kappa shape index (κ2) is 3.29. The first-order valence-corrected chi connectivity index (χ1v) is 1.63. The predicted octanol–water partition coefficient (Wildman–Crippen LogP) is 0.884. The van der Waals surface area contributed by atoms with Gasteiger partial charge in [0.1, 0.15) is 0 Å². The van der Waals surface area contributed by atoms with E-state index in [1.807, 2.05) is 0 Å². The third kappa shape index (κ3) is 3.77. The number of methoxy groups -OCH3 is 1. The van der Waals surface area contributed by atoms with Crippen LogP contribution in [0.5, 0.6) is 0 Å². The Bertz CT molecular complexity index is 99.7. The Labute approximate surface area is 49.4 Å². The van der Waals surface area contributed by atoms with Crippen molar-refractivity contribution in [2.75, 3.05) is 7.11 Å². The number of halogens is 3. The fourth-order valence-corrected chi connectivity index (χ4v) is 0.116. The van der Waals surface area contributed by atoms with Crippen molar-refractivity contribution in [1.29, 1.82) is 0 Å². The Morgan fingerprint density at radius 3 is 1.78 bits per heavy atom. The van der Waals surface area contributed by atoms with Crippen LogP contribution in [0.4, 0.5) is 13.2 Å². The van der Waals surface area contributed by atoms with Gasteiger partial charge in [0.25, 0.3) is 0 Å². The summed E-state index contributed by atoms with van der Waals surface area (Å²) in [5.41, 5.74) is 0.